The molecule has 2 aromatic heterocycles. The maximum absolute atomic E-state index is 5.21. The van der Waals surface area contributed by atoms with Gasteiger partial charge in [0.1, 0.15) is 0 Å². The number of hydrogen-bond acceptors (Lipinski definition) is 2. The van der Waals surface area contributed by atoms with Gasteiger partial charge in [-0.25, -0.2) is 9.97 Å². The number of benzene rings is 8. The van der Waals surface area contributed by atoms with E-state index in [0.717, 1.165) is 67.3 Å². The van der Waals surface area contributed by atoms with Crippen LogP contribution in [0.2, 0.25) is 0 Å². The maximum atomic E-state index is 5.21. The molecule has 11 rings (SSSR count). The van der Waals surface area contributed by atoms with Crippen molar-refractivity contribution in [3.8, 4) is 78.4 Å². The third kappa shape index (κ3) is 7.28. The number of rotatable bonds is 8. The molecule has 10 aromatic rings. The van der Waals surface area contributed by atoms with E-state index in [2.05, 4.69) is 246 Å². The Labute approximate surface area is 382 Å². The zero-order valence-electron chi connectivity index (χ0n) is 37.2. The van der Waals surface area contributed by atoms with E-state index >= 15 is 0 Å². The molecule has 0 bridgehead atoms. The summed E-state index contributed by atoms with van der Waals surface area (Å²) in [5, 5.41) is 0. The molecule has 0 radical (unpaired) electrons. The largest absolute Gasteiger partial charge is 0.248 e. The molecule has 0 aliphatic heterocycles. The first kappa shape index (κ1) is 39.9. The van der Waals surface area contributed by atoms with Crippen LogP contribution in [-0.2, 0) is 5.41 Å². The van der Waals surface area contributed by atoms with Crippen molar-refractivity contribution in [1.29, 1.82) is 0 Å². The number of pyridine rings is 2. The SMILES string of the molecule is Cc1ccc(-c2cc(-c3ccc(C4(c5ccc(-c6cc(-c7ccc(C)cc7)nc(-c7ccc(C)cc7)c6)cc5)c5ccccc5-c5ccccc54)cc3)cc(-c3ccc(C)cc3)n2)cc1. The van der Waals surface area contributed by atoms with Gasteiger partial charge in [0.2, 0.25) is 0 Å². The Bertz CT molecular complexity index is 2990. The van der Waals surface area contributed by atoms with E-state index in [1.54, 1.807) is 0 Å². The number of hydrogen-bond donors (Lipinski definition) is 0. The lowest BCUT2D eigenvalue weighted by molar-refractivity contribution is 0.769. The van der Waals surface area contributed by atoms with Crippen LogP contribution in [0.25, 0.3) is 78.4 Å². The molecule has 0 unspecified atom stereocenters. The Morgan fingerprint density at radius 3 is 0.815 bits per heavy atom. The summed E-state index contributed by atoms with van der Waals surface area (Å²) >= 11 is 0. The summed E-state index contributed by atoms with van der Waals surface area (Å²) in [5.74, 6) is 0. The summed E-state index contributed by atoms with van der Waals surface area (Å²) in [4.78, 5) is 10.4. The average molecular weight is 833 g/mol. The first-order valence-corrected chi connectivity index (χ1v) is 22.5. The van der Waals surface area contributed by atoms with E-state index in [4.69, 9.17) is 9.97 Å². The van der Waals surface area contributed by atoms with Crippen LogP contribution in [0.1, 0.15) is 44.5 Å². The fourth-order valence-electron chi connectivity index (χ4n) is 9.73. The number of aryl methyl sites for hydroxylation is 4. The quantitative estimate of drug-likeness (QED) is 0.152. The molecule has 0 saturated heterocycles. The molecule has 0 N–H and O–H groups in total. The van der Waals surface area contributed by atoms with Crippen molar-refractivity contribution >= 4 is 0 Å². The van der Waals surface area contributed by atoms with Gasteiger partial charge in [-0.05, 0) is 108 Å². The Balaban J connectivity index is 1.05. The summed E-state index contributed by atoms with van der Waals surface area (Å²) in [6.45, 7) is 8.50. The third-order valence-corrected chi connectivity index (χ3v) is 13.3. The number of nitrogens with zero attached hydrogens (tertiary/aromatic N) is 2. The highest BCUT2D eigenvalue weighted by molar-refractivity contribution is 5.87. The first-order chi connectivity index (χ1) is 31.8. The van der Waals surface area contributed by atoms with Gasteiger partial charge in [-0.15, -0.1) is 0 Å². The summed E-state index contributed by atoms with van der Waals surface area (Å²) in [6, 6.07) is 80.2. The van der Waals surface area contributed by atoms with Crippen molar-refractivity contribution < 1.29 is 0 Å². The Morgan fingerprint density at radius 2 is 0.523 bits per heavy atom. The molecule has 0 atom stereocenters. The van der Waals surface area contributed by atoms with Crippen molar-refractivity contribution in [3.63, 3.8) is 0 Å². The monoisotopic (exact) mass is 832 g/mol. The number of aromatic nitrogens is 2. The third-order valence-electron chi connectivity index (χ3n) is 13.3. The zero-order chi connectivity index (χ0) is 44.1. The minimum Gasteiger partial charge on any atom is -0.248 e. The van der Waals surface area contributed by atoms with Crippen LogP contribution in [0, 0.1) is 27.7 Å². The van der Waals surface area contributed by atoms with E-state index in [9.17, 15) is 0 Å². The Hall–Kier alpha value is -7.94. The topological polar surface area (TPSA) is 25.8 Å². The van der Waals surface area contributed by atoms with Gasteiger partial charge >= 0.3 is 0 Å². The van der Waals surface area contributed by atoms with Crippen molar-refractivity contribution in [2.45, 2.75) is 33.1 Å². The van der Waals surface area contributed by atoms with E-state index in [1.165, 1.54) is 55.6 Å². The van der Waals surface area contributed by atoms with Gasteiger partial charge in [-0.3, -0.25) is 0 Å². The Kier molecular flexibility index (Phi) is 10.0. The first-order valence-electron chi connectivity index (χ1n) is 22.5. The van der Waals surface area contributed by atoms with E-state index in [1.807, 2.05) is 0 Å². The van der Waals surface area contributed by atoms with Gasteiger partial charge < -0.3 is 0 Å². The summed E-state index contributed by atoms with van der Waals surface area (Å²) in [6.07, 6.45) is 0. The lowest BCUT2D eigenvalue weighted by Crippen LogP contribution is -2.28. The van der Waals surface area contributed by atoms with Gasteiger partial charge in [-0.1, -0.05) is 216 Å². The lowest BCUT2D eigenvalue weighted by atomic mass is 9.67. The second-order valence-electron chi connectivity index (χ2n) is 17.7. The second kappa shape index (κ2) is 16.3. The van der Waals surface area contributed by atoms with E-state index in [-0.39, 0.29) is 0 Å². The van der Waals surface area contributed by atoms with Crippen molar-refractivity contribution in [1.82, 2.24) is 9.97 Å². The summed E-state index contributed by atoms with van der Waals surface area (Å²) in [7, 11) is 0. The van der Waals surface area contributed by atoms with E-state index < -0.39 is 5.41 Å². The highest BCUT2D eigenvalue weighted by Crippen LogP contribution is 2.56. The molecule has 0 spiro atoms. The molecule has 65 heavy (non-hydrogen) atoms. The van der Waals surface area contributed by atoms with Gasteiger partial charge in [0.05, 0.1) is 28.2 Å². The molecule has 2 heterocycles. The molecular weight excluding hydrogens is 785 g/mol. The van der Waals surface area contributed by atoms with Crippen molar-refractivity contribution in [3.05, 3.63) is 263 Å². The van der Waals surface area contributed by atoms with Crippen LogP contribution in [0.3, 0.4) is 0 Å². The molecule has 0 fully saturated rings. The predicted molar refractivity (Wildman–Crippen MR) is 271 cm³/mol. The summed E-state index contributed by atoms with van der Waals surface area (Å²) in [5.41, 5.74) is 24.8. The second-order valence-corrected chi connectivity index (χ2v) is 17.7. The fourth-order valence-corrected chi connectivity index (χ4v) is 9.73. The minimum absolute atomic E-state index is 0.541. The van der Waals surface area contributed by atoms with Gasteiger partial charge in [-0.2, -0.15) is 0 Å². The van der Waals surface area contributed by atoms with Gasteiger partial charge in [0, 0.05) is 22.3 Å². The molecule has 1 aliphatic rings. The van der Waals surface area contributed by atoms with Crippen LogP contribution >= 0.6 is 0 Å². The number of fused-ring (bicyclic) bond motifs is 3. The van der Waals surface area contributed by atoms with E-state index in [0.29, 0.717) is 0 Å². The molecule has 310 valence electrons. The highest BCUT2D eigenvalue weighted by Gasteiger charge is 2.45. The average Bonchev–Trinajstić information content (AvgIpc) is 3.66. The van der Waals surface area contributed by atoms with Crippen LogP contribution in [0.15, 0.2) is 218 Å². The molecule has 8 aromatic carbocycles. The van der Waals surface area contributed by atoms with Crippen LogP contribution in [0.5, 0.6) is 0 Å². The molecular formula is C63H48N2. The molecule has 2 heteroatoms. The van der Waals surface area contributed by atoms with Crippen LogP contribution in [0.4, 0.5) is 0 Å². The van der Waals surface area contributed by atoms with Crippen LogP contribution < -0.4 is 0 Å². The Morgan fingerprint density at radius 1 is 0.262 bits per heavy atom. The summed E-state index contributed by atoms with van der Waals surface area (Å²) < 4.78 is 0. The fraction of sp³-hybridized carbons (Fsp3) is 0.0794. The minimum atomic E-state index is -0.541. The zero-order valence-corrected chi connectivity index (χ0v) is 37.2. The predicted octanol–water partition coefficient (Wildman–Crippen LogP) is 16.1. The lowest BCUT2D eigenvalue weighted by Gasteiger charge is -2.34. The van der Waals surface area contributed by atoms with Crippen molar-refractivity contribution in [2.75, 3.05) is 0 Å². The van der Waals surface area contributed by atoms with Crippen LogP contribution in [-0.4, -0.2) is 9.97 Å². The van der Waals surface area contributed by atoms with Crippen molar-refractivity contribution in [2.24, 2.45) is 0 Å². The van der Waals surface area contributed by atoms with Gasteiger partial charge in [0.25, 0.3) is 0 Å². The smallest absolute Gasteiger partial charge is 0.0715 e. The molecule has 1 aliphatic carbocycles. The molecule has 0 amide bonds. The highest BCUT2D eigenvalue weighted by atomic mass is 14.7. The standard InChI is InChI=1S/C63H48N2/c1-41-13-21-47(22-14-41)59-37-51(38-60(64-59)48-23-15-42(2)16-24-48)45-29-33-53(34-30-45)63(57-11-7-5-9-55(57)56-10-6-8-12-58(56)63)54-35-31-46(32-36-54)52-39-61(49-25-17-43(3)18-26-49)65-62(40-52)50-27-19-44(4)20-28-50/h5-40H,1-4H3. The maximum Gasteiger partial charge on any atom is 0.0715 e. The van der Waals surface area contributed by atoms with Gasteiger partial charge in [0.15, 0.2) is 0 Å². The molecule has 0 saturated carbocycles. The normalized spacial score (nSPS) is 12.4. The molecule has 2 nitrogen and oxygen atoms in total.